The fraction of sp³-hybridized carbons (Fsp3) is 0.364. The lowest BCUT2D eigenvalue weighted by molar-refractivity contribution is 0.0672. The van der Waals surface area contributed by atoms with Crippen LogP contribution in [-0.4, -0.2) is 33.5 Å². The van der Waals surface area contributed by atoms with E-state index in [-0.39, 0.29) is 17.1 Å². The molecule has 0 saturated heterocycles. The summed E-state index contributed by atoms with van der Waals surface area (Å²) in [7, 11) is 3.95. The van der Waals surface area contributed by atoms with Gasteiger partial charge in [-0.1, -0.05) is 0 Å². The highest BCUT2D eigenvalue weighted by atomic mass is 19.3. The van der Waals surface area contributed by atoms with Gasteiger partial charge in [-0.05, 0) is 0 Å². The quantitative estimate of drug-likeness (QED) is 0.747. The minimum atomic E-state index is -3.12. The molecular formula is C11H12F2O4. The van der Waals surface area contributed by atoms with Gasteiger partial charge in [-0.2, -0.15) is 0 Å². The Labute approximate surface area is 97.1 Å². The van der Waals surface area contributed by atoms with Crippen molar-refractivity contribution in [2.45, 2.75) is 6.43 Å². The number of Topliss-reactive ketones (excluding diaryl/α,β-unsaturated/α-hetero) is 1. The van der Waals surface area contributed by atoms with Crippen LogP contribution in [0.5, 0.6) is 17.2 Å². The summed E-state index contributed by atoms with van der Waals surface area (Å²) in [5.74, 6) is -1.01. The zero-order valence-electron chi connectivity index (χ0n) is 9.62. The summed E-state index contributed by atoms with van der Waals surface area (Å²) in [6.45, 7) is 0. The summed E-state index contributed by atoms with van der Waals surface area (Å²) in [6, 6.07) is 2.69. The summed E-state index contributed by atoms with van der Waals surface area (Å²) >= 11 is 0. The molecule has 0 unspecified atom stereocenters. The van der Waals surface area contributed by atoms with Gasteiger partial charge in [0.05, 0.1) is 21.3 Å². The lowest BCUT2D eigenvalue weighted by Gasteiger charge is -2.13. The predicted molar refractivity (Wildman–Crippen MR) is 56.4 cm³/mol. The van der Waals surface area contributed by atoms with Crippen LogP contribution < -0.4 is 14.2 Å². The van der Waals surface area contributed by atoms with Crippen molar-refractivity contribution < 1.29 is 27.8 Å². The van der Waals surface area contributed by atoms with E-state index in [1.54, 1.807) is 0 Å². The third kappa shape index (κ3) is 2.64. The molecule has 94 valence electrons. The second-order valence-electron chi connectivity index (χ2n) is 3.07. The van der Waals surface area contributed by atoms with Gasteiger partial charge in [0, 0.05) is 12.1 Å². The van der Waals surface area contributed by atoms with Crippen LogP contribution >= 0.6 is 0 Å². The first-order valence-electron chi connectivity index (χ1n) is 4.67. The van der Waals surface area contributed by atoms with E-state index in [0.29, 0.717) is 5.75 Å². The Morgan fingerprint density at radius 3 is 1.82 bits per heavy atom. The number of benzene rings is 1. The van der Waals surface area contributed by atoms with Gasteiger partial charge in [0.25, 0.3) is 0 Å². The molecule has 0 aromatic heterocycles. The smallest absolute Gasteiger partial charge is 0.300 e. The second kappa shape index (κ2) is 5.47. The van der Waals surface area contributed by atoms with Crippen LogP contribution in [0, 0.1) is 0 Å². The molecule has 0 radical (unpaired) electrons. The van der Waals surface area contributed by atoms with Gasteiger partial charge in [-0.3, -0.25) is 4.79 Å². The summed E-state index contributed by atoms with van der Waals surface area (Å²) in [5.41, 5.74) is -0.286. The number of carbonyl (C=O) groups is 1. The third-order valence-electron chi connectivity index (χ3n) is 2.16. The van der Waals surface area contributed by atoms with E-state index in [2.05, 4.69) is 0 Å². The number of ketones is 1. The Kier molecular flexibility index (Phi) is 4.25. The average Bonchev–Trinajstić information content (AvgIpc) is 2.35. The summed E-state index contributed by atoms with van der Waals surface area (Å²) in [5, 5.41) is 0. The molecule has 0 heterocycles. The molecule has 0 amide bonds. The molecule has 0 bridgehead atoms. The molecule has 0 N–H and O–H groups in total. The monoisotopic (exact) mass is 246 g/mol. The standard InChI is InChI=1S/C11H12F2O4/c1-15-6-4-7(16-2)9(8(5-6)17-3)10(14)11(12)13/h4-5,11H,1-3H3. The SMILES string of the molecule is COc1cc(OC)c(C(=O)C(F)F)c(OC)c1. The van der Waals surface area contributed by atoms with Crippen LogP contribution in [0.1, 0.15) is 10.4 Å². The molecule has 4 nitrogen and oxygen atoms in total. The van der Waals surface area contributed by atoms with Crippen LogP contribution in [0.4, 0.5) is 8.78 Å². The van der Waals surface area contributed by atoms with Crippen molar-refractivity contribution in [1.82, 2.24) is 0 Å². The number of hydrogen-bond donors (Lipinski definition) is 0. The maximum atomic E-state index is 12.4. The van der Waals surface area contributed by atoms with Crippen molar-refractivity contribution in [3.63, 3.8) is 0 Å². The minimum absolute atomic E-state index is 0.00787. The van der Waals surface area contributed by atoms with Crippen molar-refractivity contribution in [2.75, 3.05) is 21.3 Å². The number of rotatable bonds is 5. The zero-order chi connectivity index (χ0) is 13.0. The lowest BCUT2D eigenvalue weighted by Crippen LogP contribution is -2.13. The van der Waals surface area contributed by atoms with Crippen molar-refractivity contribution in [3.05, 3.63) is 17.7 Å². The van der Waals surface area contributed by atoms with Crippen LogP contribution in [0.2, 0.25) is 0 Å². The largest absolute Gasteiger partial charge is 0.496 e. The summed E-state index contributed by atoms with van der Waals surface area (Å²) in [4.78, 5) is 11.4. The fourth-order valence-corrected chi connectivity index (χ4v) is 1.36. The van der Waals surface area contributed by atoms with E-state index >= 15 is 0 Å². The van der Waals surface area contributed by atoms with Crippen LogP contribution in [0.25, 0.3) is 0 Å². The van der Waals surface area contributed by atoms with Crippen LogP contribution in [0.15, 0.2) is 12.1 Å². The predicted octanol–water partition coefficient (Wildman–Crippen LogP) is 2.16. The van der Waals surface area contributed by atoms with Crippen molar-refractivity contribution in [1.29, 1.82) is 0 Å². The van der Waals surface area contributed by atoms with E-state index < -0.39 is 12.2 Å². The highest BCUT2D eigenvalue weighted by molar-refractivity contribution is 6.03. The normalized spacial score (nSPS) is 10.2. The van der Waals surface area contributed by atoms with E-state index in [4.69, 9.17) is 14.2 Å². The Balaban J connectivity index is 3.39. The molecule has 0 aliphatic rings. The molecule has 0 aliphatic heterocycles. The zero-order valence-corrected chi connectivity index (χ0v) is 9.62. The molecule has 0 saturated carbocycles. The van der Waals surface area contributed by atoms with Gasteiger partial charge in [0.1, 0.15) is 22.8 Å². The maximum absolute atomic E-state index is 12.4. The van der Waals surface area contributed by atoms with E-state index in [9.17, 15) is 13.6 Å². The fourth-order valence-electron chi connectivity index (χ4n) is 1.36. The molecule has 0 fully saturated rings. The number of alkyl halides is 2. The van der Waals surface area contributed by atoms with Gasteiger partial charge >= 0.3 is 6.43 Å². The first-order valence-corrected chi connectivity index (χ1v) is 4.67. The molecule has 0 atom stereocenters. The minimum Gasteiger partial charge on any atom is -0.496 e. The van der Waals surface area contributed by atoms with E-state index in [0.717, 1.165) is 0 Å². The van der Waals surface area contributed by atoms with Crippen molar-refractivity contribution in [2.24, 2.45) is 0 Å². The molecule has 0 spiro atoms. The average molecular weight is 246 g/mol. The van der Waals surface area contributed by atoms with Crippen molar-refractivity contribution in [3.8, 4) is 17.2 Å². The van der Waals surface area contributed by atoms with Gasteiger partial charge in [0.15, 0.2) is 0 Å². The maximum Gasteiger partial charge on any atom is 0.300 e. The topological polar surface area (TPSA) is 44.8 Å². The number of carbonyl (C=O) groups excluding carboxylic acids is 1. The summed E-state index contributed by atoms with van der Waals surface area (Å²) in [6.07, 6.45) is -3.12. The molecule has 6 heteroatoms. The Morgan fingerprint density at radius 2 is 1.53 bits per heavy atom. The van der Waals surface area contributed by atoms with Gasteiger partial charge in [-0.15, -0.1) is 0 Å². The highest BCUT2D eigenvalue weighted by Gasteiger charge is 2.26. The van der Waals surface area contributed by atoms with Crippen LogP contribution in [-0.2, 0) is 0 Å². The van der Waals surface area contributed by atoms with Crippen LogP contribution in [0.3, 0.4) is 0 Å². The number of hydrogen-bond acceptors (Lipinski definition) is 4. The van der Waals surface area contributed by atoms with E-state index in [1.807, 2.05) is 0 Å². The third-order valence-corrected chi connectivity index (χ3v) is 2.16. The summed E-state index contributed by atoms with van der Waals surface area (Å²) < 4.78 is 39.6. The molecule has 1 rings (SSSR count). The molecule has 17 heavy (non-hydrogen) atoms. The second-order valence-corrected chi connectivity index (χ2v) is 3.07. The Hall–Kier alpha value is -1.85. The lowest BCUT2D eigenvalue weighted by atomic mass is 10.1. The van der Waals surface area contributed by atoms with Gasteiger partial charge in [0.2, 0.25) is 5.78 Å². The molecular weight excluding hydrogens is 234 g/mol. The molecule has 0 aliphatic carbocycles. The van der Waals surface area contributed by atoms with Gasteiger partial charge < -0.3 is 14.2 Å². The first kappa shape index (κ1) is 13.2. The number of ether oxygens (including phenoxy) is 3. The molecule has 1 aromatic carbocycles. The highest BCUT2D eigenvalue weighted by Crippen LogP contribution is 2.35. The van der Waals surface area contributed by atoms with Crippen molar-refractivity contribution >= 4 is 5.78 Å². The molecule has 1 aromatic rings. The van der Waals surface area contributed by atoms with E-state index in [1.165, 1.54) is 33.5 Å². The number of methoxy groups -OCH3 is 3. The first-order chi connectivity index (χ1) is 8.04. The number of halogens is 2. The Morgan fingerprint density at radius 1 is 1.06 bits per heavy atom. The Bertz CT molecular complexity index is 393. The van der Waals surface area contributed by atoms with Gasteiger partial charge in [-0.25, -0.2) is 8.78 Å².